The summed E-state index contributed by atoms with van der Waals surface area (Å²) in [6.07, 6.45) is 1.05. The molecule has 3 N–H and O–H groups in total. The molecule has 0 spiro atoms. The number of nitrogens with two attached hydrogens (primary N) is 1. The number of nitrogens with one attached hydrogen (secondary N) is 1. The first-order chi connectivity index (χ1) is 12.4. The molecular formula is C21H26N2O3. The highest BCUT2D eigenvalue weighted by Crippen LogP contribution is 2.21. The molecule has 0 aromatic heterocycles. The number of rotatable bonds is 9. The Morgan fingerprint density at radius 2 is 1.69 bits per heavy atom. The third kappa shape index (κ3) is 6.59. The molecule has 0 aliphatic rings. The van der Waals surface area contributed by atoms with Gasteiger partial charge in [0.1, 0.15) is 5.75 Å². The maximum atomic E-state index is 12.3. The van der Waals surface area contributed by atoms with Crippen LogP contribution in [0.5, 0.6) is 5.75 Å². The van der Waals surface area contributed by atoms with Gasteiger partial charge in [-0.05, 0) is 35.6 Å². The Morgan fingerprint density at radius 1 is 1.04 bits per heavy atom. The van der Waals surface area contributed by atoms with Gasteiger partial charge in [-0.1, -0.05) is 56.3 Å². The normalized spacial score (nSPS) is 11.8. The molecule has 0 unspecified atom stereocenters. The van der Waals surface area contributed by atoms with Crippen molar-refractivity contribution >= 4 is 11.8 Å². The van der Waals surface area contributed by atoms with Gasteiger partial charge in [-0.25, -0.2) is 0 Å². The van der Waals surface area contributed by atoms with Crippen molar-refractivity contribution in [3.8, 4) is 5.75 Å². The molecule has 0 saturated heterocycles. The van der Waals surface area contributed by atoms with Gasteiger partial charge in [-0.3, -0.25) is 9.59 Å². The van der Waals surface area contributed by atoms with Crippen molar-refractivity contribution in [3.05, 3.63) is 65.7 Å². The minimum Gasteiger partial charge on any atom is -0.484 e. The maximum Gasteiger partial charge on any atom is 0.258 e. The van der Waals surface area contributed by atoms with E-state index in [1.54, 1.807) is 24.3 Å². The van der Waals surface area contributed by atoms with E-state index in [4.69, 9.17) is 10.5 Å². The Hall–Kier alpha value is -2.82. The summed E-state index contributed by atoms with van der Waals surface area (Å²) in [6.45, 7) is 4.20. The van der Waals surface area contributed by atoms with Gasteiger partial charge in [0.25, 0.3) is 5.91 Å². The molecule has 0 saturated carbocycles. The quantitative estimate of drug-likeness (QED) is 0.726. The molecule has 0 aliphatic heterocycles. The molecule has 2 amide bonds. The average molecular weight is 354 g/mol. The zero-order valence-corrected chi connectivity index (χ0v) is 15.3. The average Bonchev–Trinajstić information content (AvgIpc) is 2.60. The van der Waals surface area contributed by atoms with Crippen molar-refractivity contribution in [2.75, 3.05) is 6.61 Å². The highest BCUT2D eigenvalue weighted by Gasteiger charge is 2.16. The van der Waals surface area contributed by atoms with E-state index in [1.807, 2.05) is 30.3 Å². The van der Waals surface area contributed by atoms with Gasteiger partial charge in [0.15, 0.2) is 6.61 Å². The van der Waals surface area contributed by atoms with Gasteiger partial charge < -0.3 is 15.8 Å². The fraction of sp³-hybridized carbons (Fsp3) is 0.333. The summed E-state index contributed by atoms with van der Waals surface area (Å²) in [5.41, 5.74) is 7.07. The predicted octanol–water partition coefficient (Wildman–Crippen LogP) is 3.00. The summed E-state index contributed by atoms with van der Waals surface area (Å²) < 4.78 is 5.54. The van der Waals surface area contributed by atoms with Crippen LogP contribution in [-0.4, -0.2) is 18.4 Å². The molecule has 0 aliphatic carbocycles. The number of ether oxygens (including phenoxy) is 1. The molecule has 5 nitrogen and oxygen atoms in total. The summed E-state index contributed by atoms with van der Waals surface area (Å²) in [5, 5.41) is 3.05. The SMILES string of the molecule is CC(C)C[C@H](NC(=O)COc1ccc(CC(N)=O)cc1)c1ccccc1. The van der Waals surface area contributed by atoms with Crippen molar-refractivity contribution in [1.29, 1.82) is 0 Å². The Labute approximate surface area is 154 Å². The third-order valence-corrected chi connectivity index (χ3v) is 3.92. The van der Waals surface area contributed by atoms with Gasteiger partial charge in [-0.15, -0.1) is 0 Å². The molecule has 2 rings (SSSR count). The molecular weight excluding hydrogens is 328 g/mol. The van der Waals surface area contributed by atoms with Crippen molar-refractivity contribution in [2.24, 2.45) is 11.7 Å². The number of carbonyl (C=O) groups excluding carboxylic acids is 2. The van der Waals surface area contributed by atoms with E-state index in [9.17, 15) is 9.59 Å². The molecule has 0 heterocycles. The summed E-state index contributed by atoms with van der Waals surface area (Å²) in [5.74, 6) is 0.489. The highest BCUT2D eigenvalue weighted by atomic mass is 16.5. The Bertz CT molecular complexity index is 712. The smallest absolute Gasteiger partial charge is 0.258 e. The zero-order chi connectivity index (χ0) is 18.9. The van der Waals surface area contributed by atoms with Crippen molar-refractivity contribution in [2.45, 2.75) is 32.7 Å². The topological polar surface area (TPSA) is 81.4 Å². The lowest BCUT2D eigenvalue weighted by molar-refractivity contribution is -0.124. The molecule has 0 radical (unpaired) electrons. The van der Waals surface area contributed by atoms with Crippen LogP contribution >= 0.6 is 0 Å². The predicted molar refractivity (Wildman–Crippen MR) is 102 cm³/mol. The number of benzene rings is 2. The van der Waals surface area contributed by atoms with Crippen LogP contribution in [0.2, 0.25) is 0 Å². The van der Waals surface area contributed by atoms with E-state index in [2.05, 4.69) is 19.2 Å². The molecule has 0 fully saturated rings. The summed E-state index contributed by atoms with van der Waals surface area (Å²) in [6, 6.07) is 16.9. The number of primary amides is 1. The first kappa shape index (κ1) is 19.5. The minimum absolute atomic E-state index is 0.0368. The largest absolute Gasteiger partial charge is 0.484 e. The summed E-state index contributed by atoms with van der Waals surface area (Å²) in [4.78, 5) is 23.2. The minimum atomic E-state index is -0.379. The van der Waals surface area contributed by atoms with Gasteiger partial charge in [-0.2, -0.15) is 0 Å². The lowest BCUT2D eigenvalue weighted by atomic mass is 9.97. The fourth-order valence-corrected chi connectivity index (χ4v) is 2.72. The van der Waals surface area contributed by atoms with E-state index < -0.39 is 0 Å². The maximum absolute atomic E-state index is 12.3. The van der Waals surface area contributed by atoms with Crippen LogP contribution in [0.15, 0.2) is 54.6 Å². The van der Waals surface area contributed by atoms with E-state index in [1.165, 1.54) is 0 Å². The van der Waals surface area contributed by atoms with Crippen LogP contribution in [0.3, 0.4) is 0 Å². The molecule has 1 atom stereocenters. The molecule has 2 aromatic carbocycles. The molecule has 2 aromatic rings. The van der Waals surface area contributed by atoms with Gasteiger partial charge in [0, 0.05) is 0 Å². The summed E-state index contributed by atoms with van der Waals surface area (Å²) in [7, 11) is 0. The molecule has 138 valence electrons. The lowest BCUT2D eigenvalue weighted by Gasteiger charge is -2.21. The number of amides is 2. The number of hydrogen-bond donors (Lipinski definition) is 2. The van der Waals surface area contributed by atoms with Gasteiger partial charge in [0.2, 0.25) is 5.91 Å². The first-order valence-electron chi connectivity index (χ1n) is 8.78. The van der Waals surface area contributed by atoms with Crippen molar-refractivity contribution in [1.82, 2.24) is 5.32 Å². The van der Waals surface area contributed by atoms with Crippen LogP contribution in [0.25, 0.3) is 0 Å². The van der Waals surface area contributed by atoms with Crippen LogP contribution in [-0.2, 0) is 16.0 Å². The zero-order valence-electron chi connectivity index (χ0n) is 15.3. The van der Waals surface area contributed by atoms with E-state index in [0.29, 0.717) is 11.7 Å². The highest BCUT2D eigenvalue weighted by molar-refractivity contribution is 5.78. The Morgan fingerprint density at radius 3 is 2.27 bits per heavy atom. The number of hydrogen-bond acceptors (Lipinski definition) is 3. The number of carbonyl (C=O) groups is 2. The van der Waals surface area contributed by atoms with Crippen LogP contribution in [0, 0.1) is 5.92 Å². The van der Waals surface area contributed by atoms with Crippen LogP contribution < -0.4 is 15.8 Å². The van der Waals surface area contributed by atoms with Gasteiger partial charge in [0.05, 0.1) is 12.5 Å². The van der Waals surface area contributed by atoms with E-state index in [-0.39, 0.29) is 30.9 Å². The van der Waals surface area contributed by atoms with Crippen LogP contribution in [0.1, 0.15) is 37.4 Å². The summed E-state index contributed by atoms with van der Waals surface area (Å²) >= 11 is 0. The standard InChI is InChI=1S/C21H26N2O3/c1-15(2)12-19(17-6-4-3-5-7-17)23-21(25)14-26-18-10-8-16(9-11-18)13-20(22)24/h3-11,15,19H,12-14H2,1-2H3,(H2,22,24)(H,23,25)/t19-/m0/s1. The van der Waals surface area contributed by atoms with E-state index in [0.717, 1.165) is 17.5 Å². The van der Waals surface area contributed by atoms with Crippen molar-refractivity contribution in [3.63, 3.8) is 0 Å². The van der Waals surface area contributed by atoms with Gasteiger partial charge >= 0.3 is 0 Å². The molecule has 5 heteroatoms. The van der Waals surface area contributed by atoms with Crippen LogP contribution in [0.4, 0.5) is 0 Å². The lowest BCUT2D eigenvalue weighted by Crippen LogP contribution is -2.33. The Kier molecular flexibility index (Phi) is 7.21. The molecule has 26 heavy (non-hydrogen) atoms. The van der Waals surface area contributed by atoms with E-state index >= 15 is 0 Å². The Balaban J connectivity index is 1.90. The first-order valence-corrected chi connectivity index (χ1v) is 8.78. The second-order valence-electron chi connectivity index (χ2n) is 6.74. The fourth-order valence-electron chi connectivity index (χ4n) is 2.72. The second kappa shape index (κ2) is 9.61. The monoisotopic (exact) mass is 354 g/mol. The molecule has 0 bridgehead atoms. The third-order valence-electron chi connectivity index (χ3n) is 3.92. The second-order valence-corrected chi connectivity index (χ2v) is 6.74. The van der Waals surface area contributed by atoms with Crippen molar-refractivity contribution < 1.29 is 14.3 Å².